The van der Waals surface area contributed by atoms with Crippen LogP contribution < -0.4 is 5.56 Å². The van der Waals surface area contributed by atoms with E-state index in [-0.39, 0.29) is 24.1 Å². The Morgan fingerprint density at radius 1 is 1.30 bits per heavy atom. The summed E-state index contributed by atoms with van der Waals surface area (Å²) in [5.74, 6) is -0.657. The SMILES string of the molecule is CC[C@H](C(=O)OCc1cc(=O)n2nc(CCOC)sc2n1)c1ccccc1. The summed E-state index contributed by atoms with van der Waals surface area (Å²) in [5, 5.41) is 5.01. The largest absolute Gasteiger partial charge is 0.459 e. The van der Waals surface area contributed by atoms with Gasteiger partial charge in [0.25, 0.3) is 5.56 Å². The third-order valence-electron chi connectivity index (χ3n) is 4.12. The molecule has 1 atom stereocenters. The molecule has 0 bridgehead atoms. The molecule has 8 heteroatoms. The van der Waals surface area contributed by atoms with Gasteiger partial charge in [0, 0.05) is 19.6 Å². The molecule has 142 valence electrons. The van der Waals surface area contributed by atoms with Crippen molar-refractivity contribution < 1.29 is 14.3 Å². The minimum Gasteiger partial charge on any atom is -0.459 e. The lowest BCUT2D eigenvalue weighted by molar-refractivity contribution is -0.147. The van der Waals surface area contributed by atoms with E-state index < -0.39 is 0 Å². The highest BCUT2D eigenvalue weighted by Gasteiger charge is 2.20. The number of fused-ring (bicyclic) bond motifs is 1. The van der Waals surface area contributed by atoms with Gasteiger partial charge in [-0.3, -0.25) is 9.59 Å². The minimum atomic E-state index is -0.333. The Balaban J connectivity index is 1.72. The summed E-state index contributed by atoms with van der Waals surface area (Å²) >= 11 is 1.33. The first-order valence-corrected chi connectivity index (χ1v) is 9.53. The van der Waals surface area contributed by atoms with Crippen molar-refractivity contribution in [2.24, 2.45) is 0 Å². The van der Waals surface area contributed by atoms with Crippen LogP contribution in [0.25, 0.3) is 4.96 Å². The van der Waals surface area contributed by atoms with Crippen molar-refractivity contribution in [2.45, 2.75) is 32.3 Å². The fourth-order valence-electron chi connectivity index (χ4n) is 2.73. The molecule has 2 heterocycles. The number of carbonyl (C=O) groups excluding carboxylic acids is 1. The van der Waals surface area contributed by atoms with Crippen LogP contribution in [0, 0.1) is 0 Å². The molecule has 0 fully saturated rings. The lowest BCUT2D eigenvalue weighted by atomic mass is 9.97. The van der Waals surface area contributed by atoms with Gasteiger partial charge in [0.1, 0.15) is 11.6 Å². The van der Waals surface area contributed by atoms with Gasteiger partial charge in [-0.2, -0.15) is 9.61 Å². The van der Waals surface area contributed by atoms with Gasteiger partial charge in [-0.25, -0.2) is 4.98 Å². The molecular weight excluding hydrogens is 366 g/mol. The van der Waals surface area contributed by atoms with Gasteiger partial charge in [0.15, 0.2) is 0 Å². The molecule has 0 saturated carbocycles. The van der Waals surface area contributed by atoms with Gasteiger partial charge in [-0.15, -0.1) is 0 Å². The predicted molar refractivity (Wildman–Crippen MR) is 102 cm³/mol. The smallest absolute Gasteiger partial charge is 0.313 e. The van der Waals surface area contributed by atoms with Crippen molar-refractivity contribution in [2.75, 3.05) is 13.7 Å². The van der Waals surface area contributed by atoms with Crippen LogP contribution in [-0.2, 0) is 27.3 Å². The van der Waals surface area contributed by atoms with Gasteiger partial charge in [-0.05, 0) is 12.0 Å². The molecule has 1 aromatic carbocycles. The number of aromatic nitrogens is 3. The van der Waals surface area contributed by atoms with Gasteiger partial charge in [0.05, 0.1) is 18.2 Å². The van der Waals surface area contributed by atoms with E-state index in [1.807, 2.05) is 37.3 Å². The number of rotatable bonds is 8. The zero-order chi connectivity index (χ0) is 19.2. The van der Waals surface area contributed by atoms with Gasteiger partial charge >= 0.3 is 5.97 Å². The summed E-state index contributed by atoms with van der Waals surface area (Å²) in [6.07, 6.45) is 1.25. The summed E-state index contributed by atoms with van der Waals surface area (Å²) in [5.41, 5.74) is 1.04. The second kappa shape index (κ2) is 8.88. The molecule has 0 aliphatic carbocycles. The topological polar surface area (TPSA) is 82.8 Å². The fourth-order valence-corrected chi connectivity index (χ4v) is 3.63. The van der Waals surface area contributed by atoms with Crippen LogP contribution in [0.4, 0.5) is 0 Å². The average Bonchev–Trinajstić information content (AvgIpc) is 3.10. The van der Waals surface area contributed by atoms with E-state index >= 15 is 0 Å². The van der Waals surface area contributed by atoms with Crippen molar-refractivity contribution in [3.63, 3.8) is 0 Å². The Bertz CT molecular complexity index is 968. The fraction of sp³-hybridized carbons (Fsp3) is 0.368. The molecule has 2 aromatic heterocycles. The van der Waals surface area contributed by atoms with Crippen LogP contribution in [0.15, 0.2) is 41.2 Å². The van der Waals surface area contributed by atoms with Crippen LogP contribution in [0.2, 0.25) is 0 Å². The standard InChI is InChI=1S/C19H21N3O4S/c1-3-15(13-7-5-4-6-8-13)18(24)26-12-14-11-17(23)22-19(20-14)27-16(21-22)9-10-25-2/h4-8,11,15H,3,9-10,12H2,1-2H3/t15-/m0/s1. The molecule has 7 nitrogen and oxygen atoms in total. The third kappa shape index (κ3) is 4.58. The monoisotopic (exact) mass is 387 g/mol. The van der Waals surface area contributed by atoms with Crippen molar-refractivity contribution in [3.8, 4) is 0 Å². The number of nitrogens with zero attached hydrogens (tertiary/aromatic N) is 3. The first-order valence-electron chi connectivity index (χ1n) is 8.71. The highest BCUT2D eigenvalue weighted by molar-refractivity contribution is 7.16. The normalized spacial score (nSPS) is 12.2. The molecular formula is C19H21N3O4S. The lowest BCUT2D eigenvalue weighted by Crippen LogP contribution is -2.19. The summed E-state index contributed by atoms with van der Waals surface area (Å²) < 4.78 is 11.7. The van der Waals surface area contributed by atoms with Crippen LogP contribution in [0.1, 0.15) is 35.5 Å². The van der Waals surface area contributed by atoms with Crippen LogP contribution >= 0.6 is 11.3 Å². The third-order valence-corrected chi connectivity index (χ3v) is 5.09. The molecule has 3 rings (SSSR count). The molecule has 0 amide bonds. The van der Waals surface area contributed by atoms with Crippen LogP contribution in [-0.4, -0.2) is 34.3 Å². The first-order chi connectivity index (χ1) is 13.1. The van der Waals surface area contributed by atoms with E-state index in [2.05, 4.69) is 10.1 Å². The van der Waals surface area contributed by atoms with E-state index in [4.69, 9.17) is 9.47 Å². The molecule has 0 saturated heterocycles. The van der Waals surface area contributed by atoms with Gasteiger partial charge in [0.2, 0.25) is 4.96 Å². The lowest BCUT2D eigenvalue weighted by Gasteiger charge is -2.14. The van der Waals surface area contributed by atoms with Crippen LogP contribution in [0.5, 0.6) is 0 Å². The Kier molecular flexibility index (Phi) is 6.31. The van der Waals surface area contributed by atoms with E-state index in [0.717, 1.165) is 10.6 Å². The molecule has 27 heavy (non-hydrogen) atoms. The Labute approximate surface area is 160 Å². The van der Waals surface area contributed by atoms with Crippen molar-refractivity contribution in [1.29, 1.82) is 0 Å². The summed E-state index contributed by atoms with van der Waals surface area (Å²) in [7, 11) is 1.61. The van der Waals surface area contributed by atoms with E-state index in [1.165, 1.54) is 21.9 Å². The van der Waals surface area contributed by atoms with E-state index in [0.29, 0.717) is 30.1 Å². The minimum absolute atomic E-state index is 0.0424. The summed E-state index contributed by atoms with van der Waals surface area (Å²) in [4.78, 5) is 29.6. The maximum Gasteiger partial charge on any atom is 0.313 e. The van der Waals surface area contributed by atoms with E-state index in [9.17, 15) is 9.59 Å². The molecule has 0 unspecified atom stereocenters. The summed E-state index contributed by atoms with van der Waals surface area (Å²) in [6, 6.07) is 10.9. The molecule has 0 aliphatic heterocycles. The van der Waals surface area contributed by atoms with Crippen molar-refractivity contribution >= 4 is 22.3 Å². The number of ether oxygens (including phenoxy) is 2. The average molecular weight is 387 g/mol. The zero-order valence-electron chi connectivity index (χ0n) is 15.3. The number of esters is 1. The van der Waals surface area contributed by atoms with Gasteiger partial charge < -0.3 is 9.47 Å². The molecule has 0 aliphatic rings. The number of hydrogen-bond acceptors (Lipinski definition) is 7. The second-order valence-corrected chi connectivity index (χ2v) is 7.04. The Morgan fingerprint density at radius 2 is 2.07 bits per heavy atom. The Hall–Kier alpha value is -2.58. The molecule has 3 aromatic rings. The van der Waals surface area contributed by atoms with Crippen molar-refractivity contribution in [3.05, 3.63) is 63.0 Å². The van der Waals surface area contributed by atoms with Gasteiger partial charge in [-0.1, -0.05) is 48.6 Å². The number of hydrogen-bond donors (Lipinski definition) is 0. The summed E-state index contributed by atoms with van der Waals surface area (Å²) in [6.45, 7) is 2.42. The first kappa shape index (κ1) is 19.2. The number of carbonyl (C=O) groups is 1. The zero-order valence-corrected chi connectivity index (χ0v) is 16.1. The van der Waals surface area contributed by atoms with E-state index in [1.54, 1.807) is 7.11 Å². The highest BCUT2D eigenvalue weighted by atomic mass is 32.1. The van der Waals surface area contributed by atoms with Crippen molar-refractivity contribution in [1.82, 2.24) is 14.6 Å². The maximum atomic E-state index is 12.5. The highest BCUT2D eigenvalue weighted by Crippen LogP contribution is 2.21. The number of methoxy groups -OCH3 is 1. The quantitative estimate of drug-likeness (QED) is 0.553. The molecule has 0 radical (unpaired) electrons. The Morgan fingerprint density at radius 3 is 2.78 bits per heavy atom. The molecule has 0 spiro atoms. The maximum absolute atomic E-state index is 12.5. The van der Waals surface area contributed by atoms with Crippen LogP contribution in [0.3, 0.4) is 0 Å². The predicted octanol–water partition coefficient (Wildman–Crippen LogP) is 2.58. The second-order valence-electron chi connectivity index (χ2n) is 6.00. The number of benzene rings is 1. The molecule has 0 N–H and O–H groups in total.